The average Bonchev–Trinajstić information content (AvgIpc) is 3.17. The largest absolute Gasteiger partial charge is 0.497 e. The zero-order valence-corrected chi connectivity index (χ0v) is 18.7. The maximum absolute atomic E-state index is 12.1. The third-order valence-corrected chi connectivity index (χ3v) is 5.94. The molecule has 0 aliphatic heterocycles. The zero-order valence-electron chi connectivity index (χ0n) is 16.3. The van der Waals surface area contributed by atoms with Gasteiger partial charge in [-0.3, -0.25) is 4.79 Å². The minimum absolute atomic E-state index is 0.115. The first-order chi connectivity index (χ1) is 14.0. The van der Waals surface area contributed by atoms with Gasteiger partial charge >= 0.3 is 0 Å². The van der Waals surface area contributed by atoms with Crippen LogP contribution in [-0.4, -0.2) is 29.0 Å². The summed E-state index contributed by atoms with van der Waals surface area (Å²) in [7, 11) is 1.66. The summed E-state index contributed by atoms with van der Waals surface area (Å²) in [5.41, 5.74) is 3.06. The van der Waals surface area contributed by atoms with Crippen LogP contribution in [0, 0.1) is 6.92 Å². The average molecular weight is 476 g/mol. The molecule has 1 N–H and O–H groups in total. The van der Waals surface area contributed by atoms with E-state index < -0.39 is 0 Å². The number of amides is 1. The summed E-state index contributed by atoms with van der Waals surface area (Å²) in [6, 6.07) is 13.7. The van der Waals surface area contributed by atoms with E-state index in [1.165, 1.54) is 17.3 Å². The lowest BCUT2D eigenvalue weighted by Gasteiger charge is -2.06. The van der Waals surface area contributed by atoms with Crippen molar-refractivity contribution in [2.75, 3.05) is 18.2 Å². The van der Waals surface area contributed by atoms with Crippen LogP contribution in [0.4, 0.5) is 5.69 Å². The molecule has 8 heteroatoms. The first kappa shape index (κ1) is 21.4. The Kier molecular flexibility index (Phi) is 7.71. The van der Waals surface area contributed by atoms with Crippen LogP contribution in [0.15, 0.2) is 56.6 Å². The summed E-state index contributed by atoms with van der Waals surface area (Å²) >= 11 is 4.68. The zero-order chi connectivity index (χ0) is 20.6. The number of aryl methyl sites for hydroxylation is 3. The first-order valence-corrected chi connectivity index (χ1v) is 11.0. The fourth-order valence-corrected chi connectivity index (χ4v) is 3.51. The van der Waals surface area contributed by atoms with Crippen molar-refractivity contribution in [1.82, 2.24) is 10.2 Å². The van der Waals surface area contributed by atoms with Crippen LogP contribution >= 0.6 is 27.7 Å². The number of nitrogens with zero attached hydrogens (tertiary/aromatic N) is 2. The number of anilines is 1. The van der Waals surface area contributed by atoms with Gasteiger partial charge in [-0.15, -0.1) is 10.2 Å². The van der Waals surface area contributed by atoms with E-state index in [1.807, 2.05) is 37.3 Å². The maximum atomic E-state index is 12.1. The van der Waals surface area contributed by atoms with Gasteiger partial charge in [-0.1, -0.05) is 39.8 Å². The number of carbonyl (C=O) groups excluding carboxylic acids is 1. The predicted octanol–water partition coefficient (Wildman–Crippen LogP) is 5.06. The highest BCUT2D eigenvalue weighted by atomic mass is 79.9. The van der Waals surface area contributed by atoms with Crippen LogP contribution in [-0.2, 0) is 17.6 Å². The third kappa shape index (κ3) is 6.61. The normalized spacial score (nSPS) is 10.7. The smallest absolute Gasteiger partial charge is 0.277 e. The molecule has 0 fully saturated rings. The van der Waals surface area contributed by atoms with E-state index in [-0.39, 0.29) is 11.7 Å². The van der Waals surface area contributed by atoms with Crippen molar-refractivity contribution in [2.45, 2.75) is 31.4 Å². The van der Waals surface area contributed by atoms with Crippen LogP contribution in [0.3, 0.4) is 0 Å². The van der Waals surface area contributed by atoms with Crippen molar-refractivity contribution < 1.29 is 13.9 Å². The summed E-state index contributed by atoms with van der Waals surface area (Å²) in [4.78, 5) is 12.1. The fraction of sp³-hybridized carbons (Fsp3) is 0.286. The molecule has 0 aliphatic rings. The molecule has 0 unspecified atom stereocenters. The Hall–Kier alpha value is -2.32. The van der Waals surface area contributed by atoms with Gasteiger partial charge in [0.15, 0.2) is 0 Å². The van der Waals surface area contributed by atoms with E-state index in [1.54, 1.807) is 7.11 Å². The first-order valence-electron chi connectivity index (χ1n) is 9.17. The highest BCUT2D eigenvalue weighted by molar-refractivity contribution is 9.10. The minimum atomic E-state index is -0.115. The van der Waals surface area contributed by atoms with Gasteiger partial charge in [-0.2, -0.15) is 0 Å². The molecule has 1 aromatic heterocycles. The number of aromatic nitrogens is 2. The summed E-state index contributed by atoms with van der Waals surface area (Å²) in [6.07, 6.45) is 2.52. The van der Waals surface area contributed by atoms with Crippen molar-refractivity contribution in [3.63, 3.8) is 0 Å². The molecule has 0 atom stereocenters. The number of nitrogens with one attached hydrogen (secondary N) is 1. The fourth-order valence-electron chi connectivity index (χ4n) is 2.68. The van der Waals surface area contributed by atoms with Gasteiger partial charge in [-0.25, -0.2) is 0 Å². The van der Waals surface area contributed by atoms with Crippen LogP contribution in [0.5, 0.6) is 5.75 Å². The van der Waals surface area contributed by atoms with Crippen molar-refractivity contribution in [1.29, 1.82) is 0 Å². The molecule has 152 valence electrons. The number of hydrogen-bond acceptors (Lipinski definition) is 6. The molecule has 1 heterocycles. The molecule has 3 rings (SSSR count). The number of rotatable bonds is 9. The minimum Gasteiger partial charge on any atom is -0.497 e. The van der Waals surface area contributed by atoms with Gasteiger partial charge in [0.25, 0.3) is 5.22 Å². The molecule has 0 radical (unpaired) electrons. The van der Waals surface area contributed by atoms with Crippen LogP contribution in [0.1, 0.15) is 23.4 Å². The maximum Gasteiger partial charge on any atom is 0.277 e. The SMILES string of the molecule is COc1ccc(CCCc2nnc(SCC(=O)Nc3ccc(Br)c(C)c3)o2)cc1. The van der Waals surface area contributed by atoms with Crippen molar-refractivity contribution in [2.24, 2.45) is 0 Å². The van der Waals surface area contributed by atoms with E-state index >= 15 is 0 Å². The Labute approximate surface area is 182 Å². The van der Waals surface area contributed by atoms with Crippen LogP contribution in [0.2, 0.25) is 0 Å². The number of carbonyl (C=O) groups is 1. The second kappa shape index (κ2) is 10.5. The number of benzene rings is 2. The molecule has 0 bridgehead atoms. The van der Waals surface area contributed by atoms with E-state index in [2.05, 4.69) is 43.6 Å². The second-order valence-corrected chi connectivity index (χ2v) is 8.25. The molecule has 0 spiro atoms. The number of ether oxygens (including phenoxy) is 1. The van der Waals surface area contributed by atoms with Crippen molar-refractivity contribution in [3.8, 4) is 5.75 Å². The molecule has 3 aromatic rings. The monoisotopic (exact) mass is 475 g/mol. The highest BCUT2D eigenvalue weighted by Gasteiger charge is 2.10. The summed E-state index contributed by atoms with van der Waals surface area (Å²) in [5.74, 6) is 1.54. The van der Waals surface area contributed by atoms with E-state index in [4.69, 9.17) is 9.15 Å². The molecule has 0 saturated heterocycles. The molecule has 0 aliphatic carbocycles. The Morgan fingerprint density at radius 3 is 2.69 bits per heavy atom. The van der Waals surface area contributed by atoms with E-state index in [0.29, 0.717) is 17.5 Å². The lowest BCUT2D eigenvalue weighted by atomic mass is 10.1. The van der Waals surface area contributed by atoms with Gasteiger partial charge in [0.2, 0.25) is 11.8 Å². The number of hydrogen-bond donors (Lipinski definition) is 1. The number of methoxy groups -OCH3 is 1. The molecule has 2 aromatic carbocycles. The van der Waals surface area contributed by atoms with Gasteiger partial charge in [0.05, 0.1) is 12.9 Å². The van der Waals surface area contributed by atoms with Crippen LogP contribution < -0.4 is 10.1 Å². The summed E-state index contributed by atoms with van der Waals surface area (Å²) in [6.45, 7) is 1.98. The van der Waals surface area contributed by atoms with E-state index in [0.717, 1.165) is 34.3 Å². The second-order valence-electron chi connectivity index (χ2n) is 6.46. The third-order valence-electron chi connectivity index (χ3n) is 4.23. The predicted molar refractivity (Wildman–Crippen MR) is 118 cm³/mol. The quantitative estimate of drug-likeness (QED) is 0.436. The summed E-state index contributed by atoms with van der Waals surface area (Å²) in [5, 5.41) is 11.4. The number of halogens is 1. The van der Waals surface area contributed by atoms with Gasteiger partial charge < -0.3 is 14.5 Å². The molecule has 0 saturated carbocycles. The Morgan fingerprint density at radius 1 is 1.17 bits per heavy atom. The Bertz CT molecular complexity index is 960. The molecule has 6 nitrogen and oxygen atoms in total. The standard InChI is InChI=1S/C21H22BrN3O3S/c1-14-12-16(8-11-18(14)22)23-19(26)13-29-21-25-24-20(28-21)5-3-4-15-6-9-17(27-2)10-7-15/h6-12H,3-5,13H2,1-2H3,(H,23,26). The molecule has 1 amide bonds. The van der Waals surface area contributed by atoms with Crippen molar-refractivity contribution in [3.05, 3.63) is 64.0 Å². The lowest BCUT2D eigenvalue weighted by Crippen LogP contribution is -2.14. The molecular weight excluding hydrogens is 454 g/mol. The molecule has 29 heavy (non-hydrogen) atoms. The van der Waals surface area contributed by atoms with E-state index in [9.17, 15) is 4.79 Å². The topological polar surface area (TPSA) is 77.2 Å². The summed E-state index contributed by atoms with van der Waals surface area (Å²) < 4.78 is 11.8. The van der Waals surface area contributed by atoms with Gasteiger partial charge in [0, 0.05) is 16.6 Å². The van der Waals surface area contributed by atoms with Gasteiger partial charge in [-0.05, 0) is 61.2 Å². The van der Waals surface area contributed by atoms with Crippen LogP contribution in [0.25, 0.3) is 0 Å². The Balaban J connectivity index is 1.41. The van der Waals surface area contributed by atoms with Gasteiger partial charge in [0.1, 0.15) is 5.75 Å². The Morgan fingerprint density at radius 2 is 1.97 bits per heavy atom. The number of thioether (sulfide) groups is 1. The highest BCUT2D eigenvalue weighted by Crippen LogP contribution is 2.21. The molecular formula is C21H22BrN3O3S. The lowest BCUT2D eigenvalue weighted by molar-refractivity contribution is -0.113. The van der Waals surface area contributed by atoms with Crippen molar-refractivity contribution >= 4 is 39.3 Å².